The van der Waals surface area contributed by atoms with Gasteiger partial charge >= 0.3 is 5.97 Å². The number of carboxylic acids is 1. The van der Waals surface area contributed by atoms with Gasteiger partial charge < -0.3 is 15.5 Å². The minimum atomic E-state index is -1.15. The molecule has 2 amide bonds. The molecule has 2 atom stereocenters. The number of aliphatic carboxylic acids is 1. The minimum Gasteiger partial charge on any atom is -0.477 e. The molecule has 126 valence electrons. The van der Waals surface area contributed by atoms with Crippen molar-refractivity contribution in [2.45, 2.75) is 31.2 Å². The van der Waals surface area contributed by atoms with Gasteiger partial charge in [0.2, 0.25) is 11.8 Å². The van der Waals surface area contributed by atoms with E-state index >= 15 is 0 Å². The zero-order valence-corrected chi connectivity index (χ0v) is 13.7. The molecule has 1 fully saturated rings. The normalized spacial score (nSPS) is 20.5. The lowest BCUT2D eigenvalue weighted by molar-refractivity contribution is -0.145. The van der Waals surface area contributed by atoms with Crippen LogP contribution in [-0.4, -0.2) is 38.3 Å². The maximum atomic E-state index is 11.6. The highest BCUT2D eigenvalue weighted by Crippen LogP contribution is 2.48. The Morgan fingerprint density at radius 1 is 1.38 bits per heavy atom. The summed E-state index contributed by atoms with van der Waals surface area (Å²) in [6.07, 6.45) is -0.430. The summed E-state index contributed by atoms with van der Waals surface area (Å²) >= 11 is 1.32. The number of aliphatic hydroxyl groups excluding tert-OH is 1. The highest BCUT2D eigenvalue weighted by molar-refractivity contribution is 8.04. The molecular weight excluding hydrogens is 332 g/mol. The third-order valence-corrected chi connectivity index (χ3v) is 5.18. The number of fused-ring (bicyclic) bond motifs is 1. The van der Waals surface area contributed by atoms with Gasteiger partial charge in [-0.25, -0.2) is 4.79 Å². The summed E-state index contributed by atoms with van der Waals surface area (Å²) in [6.45, 7) is 1.41. The Kier molecular flexibility index (Phi) is 4.33. The summed E-state index contributed by atoms with van der Waals surface area (Å²) in [4.78, 5) is 35.8. The van der Waals surface area contributed by atoms with Gasteiger partial charge in [-0.1, -0.05) is 12.1 Å². The van der Waals surface area contributed by atoms with Gasteiger partial charge in [-0.05, 0) is 17.7 Å². The molecule has 24 heavy (non-hydrogen) atoms. The maximum absolute atomic E-state index is 11.6. The number of hydrogen-bond donors (Lipinski definition) is 3. The molecular formula is C16H16N2O5S. The third kappa shape index (κ3) is 3.02. The van der Waals surface area contributed by atoms with Crippen molar-refractivity contribution in [2.24, 2.45) is 0 Å². The summed E-state index contributed by atoms with van der Waals surface area (Å²) in [5.74, 6) is -1.54. The highest BCUT2D eigenvalue weighted by atomic mass is 32.2. The molecule has 0 aliphatic carbocycles. The zero-order valence-electron chi connectivity index (χ0n) is 12.9. The first-order valence-corrected chi connectivity index (χ1v) is 8.25. The van der Waals surface area contributed by atoms with E-state index in [-0.39, 0.29) is 29.3 Å². The maximum Gasteiger partial charge on any atom is 0.353 e. The predicted molar refractivity (Wildman–Crippen MR) is 87.8 cm³/mol. The molecule has 0 unspecified atom stereocenters. The predicted octanol–water partition coefficient (Wildman–Crippen LogP) is 1.67. The van der Waals surface area contributed by atoms with E-state index in [1.54, 1.807) is 24.3 Å². The first-order valence-electron chi connectivity index (χ1n) is 7.37. The van der Waals surface area contributed by atoms with Crippen LogP contribution in [0.2, 0.25) is 0 Å². The van der Waals surface area contributed by atoms with Gasteiger partial charge in [0.1, 0.15) is 5.70 Å². The molecule has 2 aliphatic rings. The van der Waals surface area contributed by atoms with Crippen molar-refractivity contribution in [3.63, 3.8) is 0 Å². The Morgan fingerprint density at radius 2 is 2.04 bits per heavy atom. The van der Waals surface area contributed by atoms with Crippen LogP contribution in [0.1, 0.15) is 31.4 Å². The number of amides is 2. The van der Waals surface area contributed by atoms with E-state index in [1.807, 2.05) is 0 Å². The van der Waals surface area contributed by atoms with Gasteiger partial charge in [-0.2, -0.15) is 0 Å². The molecule has 2 aliphatic heterocycles. The van der Waals surface area contributed by atoms with Crippen LogP contribution in [0.25, 0.3) is 0 Å². The molecule has 0 bridgehead atoms. The Morgan fingerprint density at radius 3 is 2.58 bits per heavy atom. The van der Waals surface area contributed by atoms with Crippen molar-refractivity contribution in [2.75, 3.05) is 5.32 Å². The van der Waals surface area contributed by atoms with Gasteiger partial charge in [-0.3, -0.25) is 14.5 Å². The largest absolute Gasteiger partial charge is 0.477 e. The summed E-state index contributed by atoms with van der Waals surface area (Å²) < 4.78 is 0. The summed E-state index contributed by atoms with van der Waals surface area (Å²) in [5, 5.41) is 22.2. The lowest BCUT2D eigenvalue weighted by Crippen LogP contribution is -2.48. The molecule has 3 rings (SSSR count). The molecule has 7 nitrogen and oxygen atoms in total. The summed E-state index contributed by atoms with van der Waals surface area (Å²) in [6, 6.07) is 6.70. The minimum absolute atomic E-state index is 0.0184. The Labute approximate surface area is 142 Å². The molecule has 1 saturated heterocycles. The molecule has 0 aromatic heterocycles. The van der Waals surface area contributed by atoms with Crippen LogP contribution < -0.4 is 5.32 Å². The number of β-lactam (4-membered cyclic amide) rings is 1. The van der Waals surface area contributed by atoms with Crippen LogP contribution in [0.15, 0.2) is 34.9 Å². The number of carbonyl (C=O) groups excluding carboxylic acids is 2. The number of nitrogens with zero attached hydrogens (tertiary/aromatic N) is 1. The number of thioether (sulfide) groups is 1. The second kappa shape index (κ2) is 6.29. The Balaban J connectivity index is 1.75. The summed E-state index contributed by atoms with van der Waals surface area (Å²) in [7, 11) is 0. The van der Waals surface area contributed by atoms with Gasteiger partial charge in [0.25, 0.3) is 0 Å². The second-order valence-electron chi connectivity index (χ2n) is 5.64. The SMILES string of the molecule is CC(=O)Nc1ccc([C@@H](O)CC2=C(C(=O)O)N3C(=O)C[C@H]3S2)cc1. The molecule has 0 radical (unpaired) electrons. The number of hydrogen-bond acceptors (Lipinski definition) is 5. The number of aliphatic hydroxyl groups is 1. The van der Waals surface area contributed by atoms with E-state index in [4.69, 9.17) is 0 Å². The van der Waals surface area contributed by atoms with E-state index in [9.17, 15) is 24.6 Å². The molecule has 1 aromatic rings. The van der Waals surface area contributed by atoms with E-state index in [2.05, 4.69) is 5.32 Å². The van der Waals surface area contributed by atoms with Crippen LogP contribution in [0, 0.1) is 0 Å². The molecule has 0 saturated carbocycles. The average Bonchev–Trinajstić information content (AvgIpc) is 2.79. The Hall–Kier alpha value is -2.32. The second-order valence-corrected chi connectivity index (χ2v) is 6.91. The standard InChI is InChI=1S/C16H16N2O5S/c1-8(19)17-10-4-2-9(3-5-10)11(20)6-12-15(16(22)23)18-13(21)7-14(18)24-12/h2-5,11,14,20H,6-7H2,1H3,(H,17,19)(H,22,23)/t11-,14+/m0/s1. The van der Waals surface area contributed by atoms with Gasteiger partial charge in [0, 0.05) is 23.9 Å². The molecule has 3 N–H and O–H groups in total. The summed E-state index contributed by atoms with van der Waals surface area (Å²) in [5.41, 5.74) is 1.21. The van der Waals surface area contributed by atoms with Crippen LogP contribution in [0.4, 0.5) is 5.69 Å². The van der Waals surface area contributed by atoms with Crippen molar-refractivity contribution in [1.29, 1.82) is 0 Å². The van der Waals surface area contributed by atoms with E-state index in [0.29, 0.717) is 22.6 Å². The number of nitrogens with one attached hydrogen (secondary N) is 1. The number of carbonyl (C=O) groups is 3. The van der Waals surface area contributed by atoms with Crippen molar-refractivity contribution in [1.82, 2.24) is 4.90 Å². The van der Waals surface area contributed by atoms with Crippen LogP contribution in [-0.2, 0) is 14.4 Å². The fourth-order valence-electron chi connectivity index (χ4n) is 2.76. The van der Waals surface area contributed by atoms with Gasteiger partial charge in [0.15, 0.2) is 0 Å². The number of benzene rings is 1. The fraction of sp³-hybridized carbons (Fsp3) is 0.312. The molecule has 8 heteroatoms. The quantitative estimate of drug-likeness (QED) is 0.699. The average molecular weight is 348 g/mol. The van der Waals surface area contributed by atoms with Gasteiger partial charge in [0.05, 0.1) is 17.9 Å². The van der Waals surface area contributed by atoms with Crippen molar-refractivity contribution < 1.29 is 24.6 Å². The monoisotopic (exact) mass is 348 g/mol. The number of rotatable bonds is 5. The van der Waals surface area contributed by atoms with Crippen molar-refractivity contribution in [3.8, 4) is 0 Å². The number of anilines is 1. The molecule has 2 heterocycles. The lowest BCUT2D eigenvalue weighted by atomic mass is 10.0. The van der Waals surface area contributed by atoms with E-state index < -0.39 is 12.1 Å². The zero-order chi connectivity index (χ0) is 17.4. The molecule has 1 aromatic carbocycles. The van der Waals surface area contributed by atoms with Crippen molar-refractivity contribution in [3.05, 3.63) is 40.4 Å². The fourth-order valence-corrected chi connectivity index (χ4v) is 4.19. The first-order chi connectivity index (χ1) is 11.4. The third-order valence-electron chi connectivity index (χ3n) is 3.89. The van der Waals surface area contributed by atoms with Gasteiger partial charge in [-0.15, -0.1) is 11.8 Å². The lowest BCUT2D eigenvalue weighted by Gasteiger charge is -2.33. The van der Waals surface area contributed by atoms with E-state index in [1.165, 1.54) is 23.6 Å². The smallest absolute Gasteiger partial charge is 0.353 e. The first kappa shape index (κ1) is 16.5. The van der Waals surface area contributed by atoms with Crippen molar-refractivity contribution >= 4 is 35.2 Å². The Bertz CT molecular complexity index is 743. The van der Waals surface area contributed by atoms with Crippen LogP contribution in [0.5, 0.6) is 0 Å². The molecule has 0 spiro atoms. The number of carboxylic acid groups (broad SMARTS) is 1. The van der Waals surface area contributed by atoms with Crippen LogP contribution in [0.3, 0.4) is 0 Å². The van der Waals surface area contributed by atoms with E-state index in [0.717, 1.165) is 0 Å². The van der Waals surface area contributed by atoms with Crippen LogP contribution >= 0.6 is 11.8 Å². The topological polar surface area (TPSA) is 107 Å². The highest BCUT2D eigenvalue weighted by Gasteiger charge is 2.48.